The van der Waals surface area contributed by atoms with Crippen molar-refractivity contribution in [1.82, 2.24) is 9.47 Å². The Bertz CT molecular complexity index is 602. The third kappa shape index (κ3) is 2.55. The Morgan fingerprint density at radius 2 is 2.15 bits per heavy atom. The van der Waals surface area contributed by atoms with Gasteiger partial charge in [0.25, 0.3) is 0 Å². The molecule has 1 aliphatic heterocycles. The number of nitrogens with zero attached hydrogens (tertiary/aromatic N) is 2. The number of hydrogen-bond donors (Lipinski definition) is 0. The van der Waals surface area contributed by atoms with Crippen molar-refractivity contribution < 1.29 is 4.74 Å². The van der Waals surface area contributed by atoms with Gasteiger partial charge in [0.2, 0.25) is 0 Å². The van der Waals surface area contributed by atoms with Gasteiger partial charge in [0.1, 0.15) is 5.75 Å². The topological polar surface area (TPSA) is 17.4 Å². The number of aryl methyl sites for hydroxylation is 2. The van der Waals surface area contributed by atoms with Gasteiger partial charge in [0.05, 0.1) is 12.1 Å². The molecule has 1 saturated heterocycles. The maximum absolute atomic E-state index is 5.95. The summed E-state index contributed by atoms with van der Waals surface area (Å²) in [6.45, 7) is 4.20. The first kappa shape index (κ1) is 13.5. The fourth-order valence-corrected chi connectivity index (χ4v) is 3.31. The average Bonchev–Trinajstić information content (AvgIpc) is 2.95. The predicted octanol–water partition coefficient (Wildman–Crippen LogP) is 3.35. The Labute approximate surface area is 121 Å². The summed E-state index contributed by atoms with van der Waals surface area (Å²) >= 11 is 0. The molecule has 0 N–H and O–H groups in total. The standard InChI is InChI=1S/C17H24N2O/c1-13-12-19(3)17-11-15(6-7-16(13)17)20-10-8-14-5-4-9-18(14)2/h6-7,11-12,14H,4-5,8-10H2,1-3H3. The van der Waals surface area contributed by atoms with Crippen LogP contribution in [0.2, 0.25) is 0 Å². The van der Waals surface area contributed by atoms with Gasteiger partial charge in [-0.3, -0.25) is 0 Å². The molecule has 2 aromatic rings. The van der Waals surface area contributed by atoms with E-state index in [1.54, 1.807) is 0 Å². The highest BCUT2D eigenvalue weighted by Gasteiger charge is 2.20. The highest BCUT2D eigenvalue weighted by atomic mass is 16.5. The second-order valence-corrected chi connectivity index (χ2v) is 6.02. The number of benzene rings is 1. The zero-order valence-electron chi connectivity index (χ0n) is 12.7. The minimum atomic E-state index is 0.705. The highest BCUT2D eigenvalue weighted by molar-refractivity contribution is 5.84. The van der Waals surface area contributed by atoms with Crippen LogP contribution in [-0.2, 0) is 7.05 Å². The molecule has 2 heterocycles. The van der Waals surface area contributed by atoms with E-state index in [-0.39, 0.29) is 0 Å². The summed E-state index contributed by atoms with van der Waals surface area (Å²) in [7, 11) is 4.31. The summed E-state index contributed by atoms with van der Waals surface area (Å²) in [6.07, 6.45) is 5.94. The lowest BCUT2D eigenvalue weighted by Gasteiger charge is -2.19. The molecule has 0 bridgehead atoms. The molecule has 1 fully saturated rings. The van der Waals surface area contributed by atoms with Crippen molar-refractivity contribution >= 4 is 10.9 Å². The SMILES string of the molecule is Cc1cn(C)c2cc(OCCC3CCCN3C)ccc12. The number of likely N-dealkylation sites (tertiary alicyclic amines) is 1. The number of ether oxygens (including phenoxy) is 1. The molecule has 3 rings (SSSR count). The van der Waals surface area contributed by atoms with Gasteiger partial charge < -0.3 is 14.2 Å². The third-order valence-corrected chi connectivity index (χ3v) is 4.55. The van der Waals surface area contributed by atoms with Gasteiger partial charge in [-0.05, 0) is 57.5 Å². The van der Waals surface area contributed by atoms with Gasteiger partial charge in [0.15, 0.2) is 0 Å². The van der Waals surface area contributed by atoms with E-state index in [4.69, 9.17) is 4.74 Å². The van der Waals surface area contributed by atoms with Crippen molar-refractivity contribution in [3.63, 3.8) is 0 Å². The summed E-state index contributed by atoms with van der Waals surface area (Å²) in [5.41, 5.74) is 2.57. The minimum absolute atomic E-state index is 0.705. The molecule has 0 spiro atoms. The molecule has 0 radical (unpaired) electrons. The number of aromatic nitrogens is 1. The van der Waals surface area contributed by atoms with Crippen LogP contribution in [0.3, 0.4) is 0 Å². The lowest BCUT2D eigenvalue weighted by molar-refractivity contribution is 0.233. The molecule has 1 unspecified atom stereocenters. The summed E-state index contributed by atoms with van der Waals surface area (Å²) < 4.78 is 8.12. The van der Waals surface area contributed by atoms with E-state index in [0.717, 1.165) is 18.8 Å². The molecule has 0 aliphatic carbocycles. The zero-order chi connectivity index (χ0) is 14.1. The van der Waals surface area contributed by atoms with E-state index in [2.05, 4.69) is 54.9 Å². The number of rotatable bonds is 4. The fraction of sp³-hybridized carbons (Fsp3) is 0.529. The smallest absolute Gasteiger partial charge is 0.121 e. The predicted molar refractivity (Wildman–Crippen MR) is 83.4 cm³/mol. The van der Waals surface area contributed by atoms with Gasteiger partial charge in [0, 0.05) is 30.7 Å². The molecule has 0 saturated carbocycles. The Balaban J connectivity index is 1.64. The van der Waals surface area contributed by atoms with Crippen LogP contribution >= 0.6 is 0 Å². The molecule has 0 amide bonds. The first-order chi connectivity index (χ1) is 9.65. The first-order valence-corrected chi connectivity index (χ1v) is 7.54. The monoisotopic (exact) mass is 272 g/mol. The van der Waals surface area contributed by atoms with Crippen LogP contribution in [0.15, 0.2) is 24.4 Å². The van der Waals surface area contributed by atoms with Gasteiger partial charge in [-0.15, -0.1) is 0 Å². The molecular weight excluding hydrogens is 248 g/mol. The minimum Gasteiger partial charge on any atom is -0.493 e. The average molecular weight is 272 g/mol. The summed E-state index contributed by atoms with van der Waals surface area (Å²) in [5.74, 6) is 0.986. The van der Waals surface area contributed by atoms with Crippen LogP contribution in [0.5, 0.6) is 5.75 Å². The van der Waals surface area contributed by atoms with Gasteiger partial charge >= 0.3 is 0 Å². The molecule has 1 aromatic heterocycles. The van der Waals surface area contributed by atoms with Gasteiger partial charge in [-0.2, -0.15) is 0 Å². The summed E-state index contributed by atoms with van der Waals surface area (Å²) in [6, 6.07) is 7.12. The second kappa shape index (κ2) is 5.49. The van der Waals surface area contributed by atoms with Crippen LogP contribution in [0.4, 0.5) is 0 Å². The quantitative estimate of drug-likeness (QED) is 0.849. The largest absolute Gasteiger partial charge is 0.493 e. The van der Waals surface area contributed by atoms with Crippen molar-refractivity contribution in [2.45, 2.75) is 32.2 Å². The van der Waals surface area contributed by atoms with Gasteiger partial charge in [-0.1, -0.05) is 0 Å². The Morgan fingerprint density at radius 3 is 2.90 bits per heavy atom. The summed E-state index contributed by atoms with van der Waals surface area (Å²) in [4.78, 5) is 2.45. The van der Waals surface area contributed by atoms with Crippen LogP contribution in [0, 0.1) is 6.92 Å². The lowest BCUT2D eigenvalue weighted by atomic mass is 10.1. The van der Waals surface area contributed by atoms with Crippen molar-refractivity contribution in [3.05, 3.63) is 30.0 Å². The normalized spacial score (nSPS) is 19.9. The van der Waals surface area contributed by atoms with Crippen LogP contribution in [0.1, 0.15) is 24.8 Å². The van der Waals surface area contributed by atoms with Crippen molar-refractivity contribution in [3.8, 4) is 5.75 Å². The Morgan fingerprint density at radius 1 is 1.30 bits per heavy atom. The van der Waals surface area contributed by atoms with E-state index >= 15 is 0 Å². The van der Waals surface area contributed by atoms with E-state index < -0.39 is 0 Å². The highest BCUT2D eigenvalue weighted by Crippen LogP contribution is 2.25. The molecule has 3 heteroatoms. The Hall–Kier alpha value is -1.48. The number of hydrogen-bond acceptors (Lipinski definition) is 2. The van der Waals surface area contributed by atoms with Crippen molar-refractivity contribution in [2.75, 3.05) is 20.2 Å². The third-order valence-electron chi connectivity index (χ3n) is 4.55. The number of fused-ring (bicyclic) bond motifs is 1. The molecule has 1 aliphatic rings. The molecule has 1 aromatic carbocycles. The summed E-state index contributed by atoms with van der Waals surface area (Å²) in [5, 5.41) is 1.32. The molecule has 20 heavy (non-hydrogen) atoms. The van der Waals surface area contributed by atoms with E-state index in [1.165, 1.54) is 35.9 Å². The molecule has 1 atom stereocenters. The Kier molecular flexibility index (Phi) is 3.70. The zero-order valence-corrected chi connectivity index (χ0v) is 12.7. The van der Waals surface area contributed by atoms with Crippen LogP contribution < -0.4 is 4.74 Å². The van der Waals surface area contributed by atoms with Crippen molar-refractivity contribution in [1.29, 1.82) is 0 Å². The van der Waals surface area contributed by atoms with E-state index in [0.29, 0.717) is 6.04 Å². The molecular formula is C17H24N2O. The lowest BCUT2D eigenvalue weighted by Crippen LogP contribution is -2.26. The molecule has 3 nitrogen and oxygen atoms in total. The fourth-order valence-electron chi connectivity index (χ4n) is 3.31. The molecule has 108 valence electrons. The van der Waals surface area contributed by atoms with E-state index in [9.17, 15) is 0 Å². The van der Waals surface area contributed by atoms with Gasteiger partial charge in [-0.25, -0.2) is 0 Å². The van der Waals surface area contributed by atoms with Crippen LogP contribution in [0.25, 0.3) is 10.9 Å². The first-order valence-electron chi connectivity index (χ1n) is 7.54. The van der Waals surface area contributed by atoms with Crippen molar-refractivity contribution in [2.24, 2.45) is 7.05 Å². The second-order valence-electron chi connectivity index (χ2n) is 6.02. The maximum atomic E-state index is 5.95. The maximum Gasteiger partial charge on any atom is 0.121 e. The van der Waals surface area contributed by atoms with Crippen LogP contribution in [-0.4, -0.2) is 35.7 Å². The van der Waals surface area contributed by atoms with E-state index in [1.807, 2.05) is 0 Å².